The Kier molecular flexibility index (Phi) is 18.5. The van der Waals surface area contributed by atoms with E-state index in [9.17, 15) is 35.5 Å². The molecule has 57 heavy (non-hydrogen) atoms. The molecule has 0 aromatic carbocycles. The maximum atomic E-state index is 14.2. The van der Waals surface area contributed by atoms with Crippen molar-refractivity contribution in [1.29, 1.82) is 0 Å². The Hall–Kier alpha value is -1.62. The van der Waals surface area contributed by atoms with Crippen LogP contribution < -0.4 is 0 Å². The minimum Gasteiger partial charge on any atom is -0.785 e. The number of aliphatic hydroxyl groups excluding tert-OH is 3. The van der Waals surface area contributed by atoms with E-state index in [1.165, 1.54) is 35.1 Å². The van der Waals surface area contributed by atoms with Crippen molar-refractivity contribution in [3.63, 3.8) is 0 Å². The Balaban J connectivity index is 2.20. The van der Waals surface area contributed by atoms with Crippen LogP contribution in [0, 0.1) is 28.9 Å². The second-order valence-corrected chi connectivity index (χ2v) is 16.8. The van der Waals surface area contributed by atoms with Crippen molar-refractivity contribution in [3.05, 3.63) is 5.21 Å². The fourth-order valence-corrected chi connectivity index (χ4v) is 8.55. The average molecular weight is 824 g/mol. The van der Waals surface area contributed by atoms with Gasteiger partial charge < -0.3 is 78.5 Å². The minimum absolute atomic E-state index is 0.0618. The third-order valence-corrected chi connectivity index (χ3v) is 12.2. The Morgan fingerprint density at radius 3 is 2.23 bits per heavy atom. The molecule has 2 unspecified atom stereocenters. The quantitative estimate of drug-likeness (QED) is 0.0769. The standard InChI is InChI=1S/C39H71N2O16/c1-13-27-39(9,47)32(43)22(3)29(40-53-20-51-17-16-49-11)21(2)18-37(7,46)34(57-36-30(42)26(41(10)48)14-15-52-36)23(4)31(24(5)35(45)55-27)56-28-19-38(8,50-12)33(44)25(6)54-28/h21-28,30-34,36,42-44,46-47H,13-20H2,1-12H3/q-1/b40-29+/t21-,22+,23+,24-,25+,26+,27?,28+,30-,31?,32-,33+,34-,36+,37-,38-,39-/m1/s1. The molecule has 3 saturated heterocycles. The van der Waals surface area contributed by atoms with Gasteiger partial charge in [0.05, 0.1) is 67.1 Å². The molecule has 3 rings (SSSR count). The van der Waals surface area contributed by atoms with Crippen molar-refractivity contribution in [2.75, 3.05) is 47.9 Å². The molecule has 3 aliphatic heterocycles. The van der Waals surface area contributed by atoms with Crippen LogP contribution in [-0.4, -0.2) is 168 Å². The van der Waals surface area contributed by atoms with Gasteiger partial charge in [-0.3, -0.25) is 4.79 Å². The summed E-state index contributed by atoms with van der Waals surface area (Å²) in [5.74, 6) is -4.37. The van der Waals surface area contributed by atoms with Gasteiger partial charge in [-0.15, -0.1) is 0 Å². The van der Waals surface area contributed by atoms with Gasteiger partial charge in [0.2, 0.25) is 6.79 Å². The number of cyclic esters (lactones) is 1. The lowest BCUT2D eigenvalue weighted by atomic mass is 9.73. The van der Waals surface area contributed by atoms with Crippen molar-refractivity contribution >= 4 is 11.7 Å². The molecular weight excluding hydrogens is 752 g/mol. The molecule has 0 aromatic heterocycles. The number of likely N-dealkylation sites (N-methyl/N-ethyl adjacent to an activating group) is 1. The highest BCUT2D eigenvalue weighted by Gasteiger charge is 2.53. The fourth-order valence-electron chi connectivity index (χ4n) is 8.55. The molecule has 0 bridgehead atoms. The van der Waals surface area contributed by atoms with E-state index in [-0.39, 0.29) is 51.4 Å². The minimum atomic E-state index is -1.99. The largest absolute Gasteiger partial charge is 0.785 e. The summed E-state index contributed by atoms with van der Waals surface area (Å²) in [7, 11) is 4.30. The number of carbonyl (C=O) groups is 1. The van der Waals surface area contributed by atoms with Crippen molar-refractivity contribution in [3.8, 4) is 0 Å². The molecule has 0 aromatic rings. The zero-order chi connectivity index (χ0) is 43.0. The highest BCUT2D eigenvalue weighted by atomic mass is 16.7. The number of hydroxylamine groups is 2. The highest BCUT2D eigenvalue weighted by molar-refractivity contribution is 5.88. The molecule has 0 amide bonds. The molecule has 0 spiro atoms. The number of aliphatic hydroxyl groups is 5. The molecule has 5 N–H and O–H groups in total. The normalized spacial score (nSPS) is 45.1. The van der Waals surface area contributed by atoms with Crippen LogP contribution in [-0.2, 0) is 47.5 Å². The van der Waals surface area contributed by atoms with E-state index < -0.39 is 108 Å². The van der Waals surface area contributed by atoms with Crippen molar-refractivity contribution in [2.24, 2.45) is 28.8 Å². The van der Waals surface area contributed by atoms with Gasteiger partial charge in [-0.1, -0.05) is 32.9 Å². The number of oxime groups is 1. The molecule has 18 nitrogen and oxygen atoms in total. The first-order chi connectivity index (χ1) is 26.6. The van der Waals surface area contributed by atoms with E-state index >= 15 is 0 Å². The maximum absolute atomic E-state index is 14.2. The summed E-state index contributed by atoms with van der Waals surface area (Å²) in [5, 5.41) is 76.0. The van der Waals surface area contributed by atoms with Crippen molar-refractivity contribution in [1.82, 2.24) is 5.06 Å². The Labute approximate surface area is 337 Å². The number of ether oxygens (including phenoxy) is 8. The van der Waals surface area contributed by atoms with Crippen LogP contribution in [0.15, 0.2) is 5.16 Å². The van der Waals surface area contributed by atoms with E-state index in [4.69, 9.17) is 42.7 Å². The molecule has 3 heterocycles. The van der Waals surface area contributed by atoms with Crippen LogP contribution in [0.2, 0.25) is 0 Å². The molecule has 334 valence electrons. The van der Waals surface area contributed by atoms with Gasteiger partial charge in [-0.05, 0) is 60.9 Å². The fraction of sp³-hybridized carbons (Fsp3) is 0.949. The summed E-state index contributed by atoms with van der Waals surface area (Å²) < 4.78 is 47.3. The van der Waals surface area contributed by atoms with Crippen LogP contribution in [0.5, 0.6) is 0 Å². The summed E-state index contributed by atoms with van der Waals surface area (Å²) in [6.07, 6.45) is -10.4. The lowest BCUT2D eigenvalue weighted by Crippen LogP contribution is -2.60. The first-order valence-electron chi connectivity index (χ1n) is 20.1. The smallest absolute Gasteiger partial charge is 0.311 e. The van der Waals surface area contributed by atoms with Gasteiger partial charge in [-0.2, -0.15) is 0 Å². The molecule has 0 saturated carbocycles. The topological polar surface area (TPSA) is 240 Å². The highest BCUT2D eigenvalue weighted by Crippen LogP contribution is 2.40. The second-order valence-electron chi connectivity index (χ2n) is 16.8. The third-order valence-electron chi connectivity index (χ3n) is 12.2. The zero-order valence-corrected chi connectivity index (χ0v) is 35.9. The first-order valence-corrected chi connectivity index (χ1v) is 20.1. The van der Waals surface area contributed by atoms with Gasteiger partial charge >= 0.3 is 5.97 Å². The number of hydrogen-bond donors (Lipinski definition) is 5. The summed E-state index contributed by atoms with van der Waals surface area (Å²) >= 11 is 0. The van der Waals surface area contributed by atoms with E-state index in [0.717, 1.165) is 0 Å². The average Bonchev–Trinajstić information content (AvgIpc) is 3.15. The maximum Gasteiger partial charge on any atom is 0.311 e. The van der Waals surface area contributed by atoms with Gasteiger partial charge in [0.1, 0.15) is 23.9 Å². The molecule has 17 atom stereocenters. The number of rotatable bonds is 13. The summed E-state index contributed by atoms with van der Waals surface area (Å²) in [5.41, 5.74) is -4.65. The van der Waals surface area contributed by atoms with E-state index in [1.807, 2.05) is 0 Å². The van der Waals surface area contributed by atoms with Crippen molar-refractivity contribution in [2.45, 2.75) is 166 Å². The van der Waals surface area contributed by atoms with E-state index in [1.54, 1.807) is 48.5 Å². The van der Waals surface area contributed by atoms with Crippen LogP contribution in [0.4, 0.5) is 0 Å². The predicted octanol–water partition coefficient (Wildman–Crippen LogP) is 1.69. The molecule has 3 aliphatic rings. The van der Waals surface area contributed by atoms with Crippen LogP contribution in [0.1, 0.15) is 88.0 Å². The lowest BCUT2D eigenvalue weighted by Gasteiger charge is -2.49. The van der Waals surface area contributed by atoms with Crippen molar-refractivity contribution < 1.29 is 73.1 Å². The van der Waals surface area contributed by atoms with Crippen LogP contribution in [0.3, 0.4) is 0 Å². The predicted molar refractivity (Wildman–Crippen MR) is 205 cm³/mol. The molecule has 18 heteroatoms. The van der Waals surface area contributed by atoms with E-state index in [0.29, 0.717) is 11.7 Å². The van der Waals surface area contributed by atoms with Gasteiger partial charge in [0, 0.05) is 44.4 Å². The van der Waals surface area contributed by atoms with Gasteiger partial charge in [0.15, 0.2) is 12.6 Å². The number of esters is 1. The summed E-state index contributed by atoms with van der Waals surface area (Å²) in [6, 6.07) is -0.860. The zero-order valence-electron chi connectivity index (χ0n) is 35.9. The first kappa shape index (κ1) is 49.7. The van der Waals surface area contributed by atoms with Gasteiger partial charge in [-0.25, -0.2) is 0 Å². The third kappa shape index (κ3) is 12.0. The van der Waals surface area contributed by atoms with E-state index in [2.05, 4.69) is 5.16 Å². The van der Waals surface area contributed by atoms with Gasteiger partial charge in [0.25, 0.3) is 0 Å². The second kappa shape index (κ2) is 21.3. The molecule has 0 radical (unpaired) electrons. The number of hydrogen-bond acceptors (Lipinski definition) is 18. The molecular formula is C39H71N2O16-. The Bertz CT molecular complexity index is 1270. The Morgan fingerprint density at radius 2 is 1.63 bits per heavy atom. The summed E-state index contributed by atoms with van der Waals surface area (Å²) in [4.78, 5) is 19.8. The van der Waals surface area contributed by atoms with Crippen LogP contribution >= 0.6 is 0 Å². The Morgan fingerprint density at radius 1 is 0.965 bits per heavy atom. The lowest BCUT2D eigenvalue weighted by molar-refractivity contribution is -0.312. The SMILES string of the molecule is CCC1OC(=O)[C@H](C)C(O[C@H]2C[C@@](C)(OC)[C@@H](O)[C@H](C)O2)[C@H](C)[C@@H](O[C@@H]2OCC[C@H](N(C)[O-])[C@H]2O)[C@](C)(O)C[C@@H](C)/C(=N\OCOCCOC)[C@H](C)[C@@H](O)[C@]1(C)O. The number of nitrogens with zero attached hydrogens (tertiary/aromatic N) is 2. The van der Waals surface area contributed by atoms with Crippen LogP contribution in [0.25, 0.3) is 0 Å². The monoisotopic (exact) mass is 823 g/mol. The number of methoxy groups -OCH3 is 2. The molecule has 0 aliphatic carbocycles. The molecule has 3 fully saturated rings. The summed E-state index contributed by atoms with van der Waals surface area (Å²) in [6.45, 7) is 15.1. The number of carbonyl (C=O) groups excluding carboxylic acids is 1.